The number of halogens is 1. The van der Waals surface area contributed by atoms with E-state index in [0.29, 0.717) is 18.4 Å². The summed E-state index contributed by atoms with van der Waals surface area (Å²) >= 11 is 6.91. The number of carbonyl (C=O) groups excluding carboxylic acids is 2. The molecule has 1 aromatic rings. The summed E-state index contributed by atoms with van der Waals surface area (Å²) in [6.45, 7) is 2.08. The van der Waals surface area contributed by atoms with Crippen LogP contribution in [-0.2, 0) is 9.59 Å². The van der Waals surface area contributed by atoms with Crippen molar-refractivity contribution in [2.24, 2.45) is 17.3 Å². The van der Waals surface area contributed by atoms with Crippen molar-refractivity contribution in [3.8, 4) is 0 Å². The number of alkyl halides is 1. The second-order valence-corrected chi connectivity index (χ2v) is 11.1. The van der Waals surface area contributed by atoms with Gasteiger partial charge in [-0.15, -0.1) is 11.6 Å². The fourth-order valence-electron chi connectivity index (χ4n) is 6.92. The Morgan fingerprint density at radius 3 is 2.33 bits per heavy atom. The SMILES string of the molecule is O=C(CN1CCC(NC(=O)C23CC4CC(CC(Cl)(C4)C2)C3)CC1)Nc1ccccc1. The van der Waals surface area contributed by atoms with Crippen molar-refractivity contribution in [1.82, 2.24) is 10.2 Å². The summed E-state index contributed by atoms with van der Waals surface area (Å²) in [6, 6.07) is 9.78. The van der Waals surface area contributed by atoms with Gasteiger partial charge in [0.2, 0.25) is 11.8 Å². The molecular weight excluding hydrogens is 398 g/mol. The molecule has 6 rings (SSSR count). The fraction of sp³-hybridized carbons (Fsp3) is 0.667. The van der Waals surface area contributed by atoms with Gasteiger partial charge in [-0.25, -0.2) is 0 Å². The Morgan fingerprint density at radius 1 is 1.03 bits per heavy atom. The quantitative estimate of drug-likeness (QED) is 0.700. The van der Waals surface area contributed by atoms with Crippen molar-refractivity contribution >= 4 is 29.1 Å². The Bertz CT molecular complexity index is 792. The van der Waals surface area contributed by atoms with Gasteiger partial charge in [0.25, 0.3) is 0 Å². The third-order valence-corrected chi connectivity index (χ3v) is 8.26. The lowest BCUT2D eigenvalue weighted by Crippen LogP contribution is -2.60. The first kappa shape index (κ1) is 20.3. The van der Waals surface area contributed by atoms with Crippen LogP contribution >= 0.6 is 11.6 Å². The molecule has 4 aliphatic carbocycles. The van der Waals surface area contributed by atoms with Gasteiger partial charge in [-0.2, -0.15) is 0 Å². The van der Waals surface area contributed by atoms with Crippen molar-refractivity contribution in [3.05, 3.63) is 30.3 Å². The fourth-order valence-corrected chi connectivity index (χ4v) is 7.61. The van der Waals surface area contributed by atoms with Crippen LogP contribution in [0.25, 0.3) is 0 Å². The lowest BCUT2D eigenvalue weighted by atomic mass is 9.49. The maximum Gasteiger partial charge on any atom is 0.238 e. The molecule has 1 saturated heterocycles. The van der Waals surface area contributed by atoms with E-state index in [9.17, 15) is 9.59 Å². The van der Waals surface area contributed by atoms with Crippen LogP contribution in [0.2, 0.25) is 0 Å². The van der Waals surface area contributed by atoms with Crippen molar-refractivity contribution in [3.63, 3.8) is 0 Å². The highest BCUT2D eigenvalue weighted by Crippen LogP contribution is 2.63. The molecule has 0 radical (unpaired) electrons. The van der Waals surface area contributed by atoms with Gasteiger partial charge < -0.3 is 10.6 Å². The van der Waals surface area contributed by atoms with E-state index in [1.54, 1.807) is 0 Å². The molecular formula is C24H32ClN3O2. The number of hydrogen-bond acceptors (Lipinski definition) is 3. The minimum Gasteiger partial charge on any atom is -0.353 e. The van der Waals surface area contributed by atoms with Crippen LogP contribution < -0.4 is 10.6 Å². The molecule has 1 heterocycles. The first-order valence-corrected chi connectivity index (χ1v) is 11.9. The summed E-state index contributed by atoms with van der Waals surface area (Å²) in [5.41, 5.74) is 0.607. The number of hydrogen-bond donors (Lipinski definition) is 2. The molecule has 162 valence electrons. The lowest BCUT2D eigenvalue weighted by Gasteiger charge is -2.59. The van der Waals surface area contributed by atoms with E-state index in [1.807, 2.05) is 30.3 Å². The Morgan fingerprint density at radius 2 is 1.70 bits per heavy atom. The molecule has 2 unspecified atom stereocenters. The topological polar surface area (TPSA) is 61.4 Å². The number of nitrogens with one attached hydrogen (secondary N) is 2. The summed E-state index contributed by atoms with van der Waals surface area (Å²) in [4.78, 5) is 27.7. The largest absolute Gasteiger partial charge is 0.353 e. The minimum absolute atomic E-state index is 0.0182. The second kappa shape index (κ2) is 7.83. The lowest BCUT2D eigenvalue weighted by molar-refractivity contribution is -0.145. The molecule has 0 aromatic heterocycles. The van der Waals surface area contributed by atoms with Gasteiger partial charge in [0.05, 0.1) is 12.0 Å². The van der Waals surface area contributed by atoms with Crippen molar-refractivity contribution < 1.29 is 9.59 Å². The van der Waals surface area contributed by atoms with E-state index >= 15 is 0 Å². The van der Waals surface area contributed by atoms with Crippen LogP contribution in [0.15, 0.2) is 30.3 Å². The van der Waals surface area contributed by atoms with E-state index in [4.69, 9.17) is 11.6 Å². The third-order valence-electron chi connectivity index (χ3n) is 7.82. The zero-order valence-electron chi connectivity index (χ0n) is 17.5. The normalized spacial score (nSPS) is 35.9. The van der Waals surface area contributed by atoms with Crippen LogP contribution in [0.1, 0.15) is 51.4 Å². The smallest absolute Gasteiger partial charge is 0.238 e. The number of carbonyl (C=O) groups is 2. The van der Waals surface area contributed by atoms with E-state index in [2.05, 4.69) is 15.5 Å². The second-order valence-electron chi connectivity index (χ2n) is 10.3. The highest BCUT2D eigenvalue weighted by molar-refractivity contribution is 6.24. The van der Waals surface area contributed by atoms with Crippen molar-refractivity contribution in [2.45, 2.75) is 62.3 Å². The van der Waals surface area contributed by atoms with Crippen molar-refractivity contribution in [1.29, 1.82) is 0 Å². The molecule has 30 heavy (non-hydrogen) atoms. The zero-order chi connectivity index (χ0) is 20.8. The highest BCUT2D eigenvalue weighted by Gasteiger charge is 2.60. The summed E-state index contributed by atoms with van der Waals surface area (Å²) < 4.78 is 0. The molecule has 5 fully saturated rings. The number of anilines is 1. The minimum atomic E-state index is -0.224. The Hall–Kier alpha value is -1.59. The van der Waals surface area contributed by atoms with Crippen LogP contribution in [-0.4, -0.2) is 47.3 Å². The maximum atomic E-state index is 13.3. The van der Waals surface area contributed by atoms with Gasteiger partial charge in [-0.1, -0.05) is 18.2 Å². The standard InChI is InChI=1S/C24H32ClN3O2/c25-24-13-17-10-18(14-24)12-23(11-17,16-24)22(30)27-20-6-8-28(9-7-20)15-21(29)26-19-4-2-1-3-5-19/h1-5,17-18,20H,6-16H2,(H,26,29)(H,27,30). The molecule has 2 N–H and O–H groups in total. The van der Waals surface area contributed by atoms with Gasteiger partial charge >= 0.3 is 0 Å². The Kier molecular flexibility index (Phi) is 5.30. The average Bonchev–Trinajstić information content (AvgIpc) is 2.68. The summed E-state index contributed by atoms with van der Waals surface area (Å²) in [5.74, 6) is 1.55. The predicted molar refractivity (Wildman–Crippen MR) is 118 cm³/mol. The number of amides is 2. The van der Waals surface area contributed by atoms with Crippen LogP contribution in [0.3, 0.4) is 0 Å². The Labute approximate surface area is 183 Å². The third kappa shape index (κ3) is 4.11. The van der Waals surface area contributed by atoms with E-state index in [0.717, 1.165) is 63.7 Å². The number of nitrogens with zero attached hydrogens (tertiary/aromatic N) is 1. The molecule has 1 aliphatic heterocycles. The number of likely N-dealkylation sites (tertiary alicyclic amines) is 1. The monoisotopic (exact) mass is 429 g/mol. The molecule has 6 heteroatoms. The summed E-state index contributed by atoms with van der Waals surface area (Å²) in [7, 11) is 0. The highest BCUT2D eigenvalue weighted by atomic mass is 35.5. The van der Waals surface area contributed by atoms with Gasteiger partial charge in [0.1, 0.15) is 0 Å². The molecule has 1 aromatic carbocycles. The van der Waals surface area contributed by atoms with Gasteiger partial charge in [0, 0.05) is 29.7 Å². The average molecular weight is 430 g/mol. The van der Waals surface area contributed by atoms with Gasteiger partial charge in [-0.3, -0.25) is 14.5 Å². The van der Waals surface area contributed by atoms with Crippen LogP contribution in [0.4, 0.5) is 5.69 Å². The molecule has 2 atom stereocenters. The summed E-state index contributed by atoms with van der Waals surface area (Å²) in [5, 5.41) is 6.33. The molecule has 5 aliphatic rings. The van der Waals surface area contributed by atoms with E-state index < -0.39 is 0 Å². The van der Waals surface area contributed by atoms with Gasteiger partial charge in [-0.05, 0) is 75.3 Å². The molecule has 4 saturated carbocycles. The first-order chi connectivity index (χ1) is 14.4. The van der Waals surface area contributed by atoms with Crippen molar-refractivity contribution in [2.75, 3.05) is 25.0 Å². The number of piperidine rings is 1. The maximum absolute atomic E-state index is 13.3. The molecule has 0 spiro atoms. The number of benzene rings is 1. The number of rotatable bonds is 5. The molecule has 5 nitrogen and oxygen atoms in total. The zero-order valence-corrected chi connectivity index (χ0v) is 18.3. The van der Waals surface area contributed by atoms with E-state index in [1.165, 1.54) is 6.42 Å². The summed E-state index contributed by atoms with van der Waals surface area (Å²) in [6.07, 6.45) is 8.20. The van der Waals surface area contributed by atoms with Crippen LogP contribution in [0.5, 0.6) is 0 Å². The number of para-hydroxylation sites is 1. The first-order valence-electron chi connectivity index (χ1n) is 11.5. The molecule has 2 amide bonds. The predicted octanol–water partition coefficient (Wildman–Crippen LogP) is 3.78. The van der Waals surface area contributed by atoms with Crippen LogP contribution in [0, 0.1) is 17.3 Å². The molecule has 4 bridgehead atoms. The van der Waals surface area contributed by atoms with Gasteiger partial charge in [0.15, 0.2) is 0 Å². The Balaban J connectivity index is 1.11. The van der Waals surface area contributed by atoms with E-state index in [-0.39, 0.29) is 28.1 Å².